The minimum absolute atomic E-state index is 0.0394. The van der Waals surface area contributed by atoms with Gasteiger partial charge in [0.1, 0.15) is 6.04 Å². The normalized spacial score (nSPS) is 30.1. The first kappa shape index (κ1) is 7.36. The highest BCUT2D eigenvalue weighted by Crippen LogP contribution is 2.28. The monoisotopic (exact) mass is 188 g/mol. The summed E-state index contributed by atoms with van der Waals surface area (Å²) in [6, 6.07) is 0.0394. The SMILES string of the molecule is CN1C(=O)[C@H]2CSCN2C1=S. The topological polar surface area (TPSA) is 23.6 Å². The Kier molecular flexibility index (Phi) is 1.57. The number of nitrogens with zero attached hydrogens (tertiary/aromatic N) is 2. The molecule has 11 heavy (non-hydrogen) atoms. The summed E-state index contributed by atoms with van der Waals surface area (Å²) in [5.74, 6) is 1.92. The second-order valence-corrected chi connectivity index (χ2v) is 4.03. The fraction of sp³-hybridized carbons (Fsp3) is 0.667. The van der Waals surface area contributed by atoms with Crippen molar-refractivity contribution in [3.63, 3.8) is 0 Å². The Morgan fingerprint density at radius 1 is 1.73 bits per heavy atom. The van der Waals surface area contributed by atoms with Crippen LogP contribution >= 0.6 is 24.0 Å². The van der Waals surface area contributed by atoms with Crippen LogP contribution < -0.4 is 0 Å². The van der Waals surface area contributed by atoms with Gasteiger partial charge in [0, 0.05) is 12.8 Å². The first-order valence-corrected chi connectivity index (χ1v) is 4.94. The average Bonchev–Trinajstić information content (AvgIpc) is 2.53. The number of thioether (sulfide) groups is 1. The molecule has 3 nitrogen and oxygen atoms in total. The van der Waals surface area contributed by atoms with Crippen LogP contribution in [0.15, 0.2) is 0 Å². The Balaban J connectivity index is 2.30. The highest BCUT2D eigenvalue weighted by Gasteiger charge is 2.43. The zero-order valence-corrected chi connectivity index (χ0v) is 7.74. The van der Waals surface area contributed by atoms with Crippen LogP contribution in [0.2, 0.25) is 0 Å². The molecule has 0 aromatic rings. The van der Waals surface area contributed by atoms with Gasteiger partial charge in [0.25, 0.3) is 5.91 Å². The van der Waals surface area contributed by atoms with Crippen molar-refractivity contribution in [2.24, 2.45) is 0 Å². The summed E-state index contributed by atoms with van der Waals surface area (Å²) in [6.45, 7) is 0. The minimum Gasteiger partial charge on any atom is -0.327 e. The quantitative estimate of drug-likeness (QED) is 0.504. The lowest BCUT2D eigenvalue weighted by Crippen LogP contribution is -2.29. The number of hydrogen-bond acceptors (Lipinski definition) is 3. The van der Waals surface area contributed by atoms with Crippen LogP contribution in [0.3, 0.4) is 0 Å². The molecule has 0 radical (unpaired) electrons. The maximum absolute atomic E-state index is 11.4. The zero-order chi connectivity index (χ0) is 8.01. The molecule has 2 aliphatic heterocycles. The number of amides is 1. The van der Waals surface area contributed by atoms with Gasteiger partial charge in [-0.1, -0.05) is 0 Å². The smallest absolute Gasteiger partial charge is 0.252 e. The van der Waals surface area contributed by atoms with E-state index in [0.717, 1.165) is 11.6 Å². The van der Waals surface area contributed by atoms with E-state index in [-0.39, 0.29) is 11.9 Å². The van der Waals surface area contributed by atoms with E-state index in [1.165, 1.54) is 0 Å². The van der Waals surface area contributed by atoms with E-state index in [0.29, 0.717) is 5.11 Å². The predicted molar refractivity (Wildman–Crippen MR) is 48.3 cm³/mol. The van der Waals surface area contributed by atoms with Gasteiger partial charge in [0.05, 0.1) is 5.88 Å². The van der Waals surface area contributed by atoms with Gasteiger partial charge in [-0.15, -0.1) is 11.8 Å². The number of thiocarbonyl (C=S) groups is 1. The van der Waals surface area contributed by atoms with Crippen LogP contribution in [0, 0.1) is 0 Å². The van der Waals surface area contributed by atoms with Crippen molar-refractivity contribution in [3.8, 4) is 0 Å². The molecule has 0 unspecified atom stereocenters. The lowest BCUT2D eigenvalue weighted by molar-refractivity contribution is -0.126. The first-order valence-electron chi connectivity index (χ1n) is 3.37. The van der Waals surface area contributed by atoms with Crippen molar-refractivity contribution in [1.29, 1.82) is 0 Å². The lowest BCUT2D eigenvalue weighted by atomic mass is 10.3. The Hall–Kier alpha value is -0.290. The second-order valence-electron chi connectivity index (χ2n) is 2.67. The van der Waals surface area contributed by atoms with E-state index in [2.05, 4.69) is 0 Å². The molecule has 1 amide bonds. The van der Waals surface area contributed by atoms with E-state index >= 15 is 0 Å². The number of rotatable bonds is 0. The van der Waals surface area contributed by atoms with E-state index in [9.17, 15) is 4.79 Å². The van der Waals surface area contributed by atoms with Crippen molar-refractivity contribution in [2.75, 3.05) is 18.7 Å². The van der Waals surface area contributed by atoms with Crippen LogP contribution in [0.5, 0.6) is 0 Å². The summed E-state index contributed by atoms with van der Waals surface area (Å²) < 4.78 is 0. The highest BCUT2D eigenvalue weighted by atomic mass is 32.2. The maximum Gasteiger partial charge on any atom is 0.252 e. The van der Waals surface area contributed by atoms with Gasteiger partial charge in [-0.2, -0.15) is 0 Å². The fourth-order valence-corrected chi connectivity index (χ4v) is 2.86. The molecule has 0 bridgehead atoms. The molecule has 2 heterocycles. The minimum atomic E-state index is 0.0394. The number of fused-ring (bicyclic) bond motifs is 1. The highest BCUT2D eigenvalue weighted by molar-refractivity contribution is 7.99. The van der Waals surface area contributed by atoms with Crippen molar-refractivity contribution in [3.05, 3.63) is 0 Å². The Morgan fingerprint density at radius 2 is 2.45 bits per heavy atom. The summed E-state index contributed by atoms with van der Waals surface area (Å²) >= 11 is 6.84. The van der Waals surface area contributed by atoms with Crippen LogP contribution in [0.1, 0.15) is 0 Å². The Bertz CT molecular complexity index is 209. The van der Waals surface area contributed by atoms with Gasteiger partial charge in [-0.25, -0.2) is 0 Å². The van der Waals surface area contributed by atoms with E-state index in [1.54, 1.807) is 23.7 Å². The third kappa shape index (κ3) is 0.873. The number of carbonyl (C=O) groups is 1. The Labute approximate surface area is 74.7 Å². The fourth-order valence-electron chi connectivity index (χ4n) is 1.35. The zero-order valence-electron chi connectivity index (χ0n) is 6.11. The van der Waals surface area contributed by atoms with Gasteiger partial charge in [-0.3, -0.25) is 9.69 Å². The molecular formula is C6H8N2OS2. The molecule has 2 rings (SSSR count). The van der Waals surface area contributed by atoms with Crippen molar-refractivity contribution in [1.82, 2.24) is 9.80 Å². The van der Waals surface area contributed by atoms with Crippen molar-refractivity contribution < 1.29 is 4.79 Å². The van der Waals surface area contributed by atoms with Crippen molar-refractivity contribution in [2.45, 2.75) is 6.04 Å². The Morgan fingerprint density at radius 3 is 3.09 bits per heavy atom. The van der Waals surface area contributed by atoms with E-state index < -0.39 is 0 Å². The van der Waals surface area contributed by atoms with Crippen LogP contribution in [-0.4, -0.2) is 45.5 Å². The number of hydrogen-bond donors (Lipinski definition) is 0. The molecular weight excluding hydrogens is 180 g/mol. The van der Waals surface area contributed by atoms with Gasteiger partial charge < -0.3 is 4.90 Å². The molecule has 60 valence electrons. The third-order valence-corrected chi connectivity index (χ3v) is 3.55. The van der Waals surface area contributed by atoms with Crippen molar-refractivity contribution >= 4 is 35.0 Å². The molecule has 0 aliphatic carbocycles. The largest absolute Gasteiger partial charge is 0.327 e. The average molecular weight is 188 g/mol. The van der Waals surface area contributed by atoms with Gasteiger partial charge in [-0.05, 0) is 12.2 Å². The molecule has 2 saturated heterocycles. The van der Waals surface area contributed by atoms with Crippen LogP contribution in [0.4, 0.5) is 0 Å². The molecule has 1 atom stereocenters. The molecule has 0 aromatic carbocycles. The maximum atomic E-state index is 11.4. The van der Waals surface area contributed by atoms with Gasteiger partial charge in [0.15, 0.2) is 5.11 Å². The summed E-state index contributed by atoms with van der Waals surface area (Å²) in [4.78, 5) is 14.9. The molecule has 0 saturated carbocycles. The van der Waals surface area contributed by atoms with Gasteiger partial charge >= 0.3 is 0 Å². The molecule has 2 aliphatic rings. The van der Waals surface area contributed by atoms with Crippen LogP contribution in [0.25, 0.3) is 0 Å². The first-order chi connectivity index (χ1) is 5.22. The number of likely N-dealkylation sites (N-methyl/N-ethyl adjacent to an activating group) is 1. The lowest BCUT2D eigenvalue weighted by Gasteiger charge is -2.13. The molecule has 2 fully saturated rings. The standard InChI is InChI=1S/C6H8N2OS2/c1-7-5(9)4-2-11-3-8(4)6(7)10/h4H,2-3H2,1H3/t4-/m1/s1. The molecule has 0 N–H and O–H groups in total. The van der Waals surface area contributed by atoms with Gasteiger partial charge in [0.2, 0.25) is 0 Å². The molecule has 0 aromatic heterocycles. The third-order valence-electron chi connectivity index (χ3n) is 2.03. The second kappa shape index (κ2) is 2.35. The van der Waals surface area contributed by atoms with E-state index in [1.807, 2.05) is 4.90 Å². The predicted octanol–water partition coefficient (Wildman–Crippen LogP) is 0.118. The van der Waals surface area contributed by atoms with Crippen LogP contribution in [-0.2, 0) is 4.79 Å². The molecule has 5 heteroatoms. The summed E-state index contributed by atoms with van der Waals surface area (Å²) in [5.41, 5.74) is 0. The summed E-state index contributed by atoms with van der Waals surface area (Å²) in [6.07, 6.45) is 0. The summed E-state index contributed by atoms with van der Waals surface area (Å²) in [5, 5.41) is 0.685. The molecule has 0 spiro atoms. The number of carbonyl (C=O) groups excluding carboxylic acids is 1. The van der Waals surface area contributed by atoms with E-state index in [4.69, 9.17) is 12.2 Å². The summed E-state index contributed by atoms with van der Waals surface area (Å²) in [7, 11) is 1.74.